The van der Waals surface area contributed by atoms with Crippen molar-refractivity contribution in [2.24, 2.45) is 4.99 Å². The summed E-state index contributed by atoms with van der Waals surface area (Å²) in [6.07, 6.45) is 1.76. The van der Waals surface area contributed by atoms with E-state index in [0.29, 0.717) is 6.42 Å². The molecule has 0 N–H and O–H groups in total. The zero-order chi connectivity index (χ0) is 9.61. The second kappa shape index (κ2) is 4.66. The van der Waals surface area contributed by atoms with Gasteiger partial charge in [0, 0.05) is 13.5 Å². The molecule has 0 amide bonds. The molecule has 0 aliphatic carbocycles. The molecule has 0 saturated carbocycles. The van der Waals surface area contributed by atoms with Crippen molar-refractivity contribution < 1.29 is 9.53 Å². The standard InChI is InChI=1S/C8H12N2O2/c1-8(2,12-3)4-7(5-9)10-6-11/h7H,4H2,1-3H3. The number of nitrogens with zero attached hydrogens (tertiary/aromatic N) is 2. The Labute approximate surface area is 71.9 Å². The molecule has 4 nitrogen and oxygen atoms in total. The molecule has 0 spiro atoms. The van der Waals surface area contributed by atoms with Crippen LogP contribution in [0.15, 0.2) is 4.99 Å². The van der Waals surface area contributed by atoms with Gasteiger partial charge < -0.3 is 4.74 Å². The van der Waals surface area contributed by atoms with E-state index in [1.165, 1.54) is 6.08 Å². The van der Waals surface area contributed by atoms with Crippen molar-refractivity contribution in [3.63, 3.8) is 0 Å². The maximum atomic E-state index is 9.86. The van der Waals surface area contributed by atoms with Gasteiger partial charge in [-0.05, 0) is 13.8 Å². The van der Waals surface area contributed by atoms with E-state index in [1.54, 1.807) is 7.11 Å². The van der Waals surface area contributed by atoms with Gasteiger partial charge in [-0.3, -0.25) is 0 Å². The lowest BCUT2D eigenvalue weighted by Gasteiger charge is -2.22. The van der Waals surface area contributed by atoms with Crippen molar-refractivity contribution in [1.29, 1.82) is 5.26 Å². The molecule has 0 aromatic carbocycles. The zero-order valence-electron chi connectivity index (χ0n) is 7.50. The van der Waals surface area contributed by atoms with E-state index in [4.69, 9.17) is 10.00 Å². The van der Waals surface area contributed by atoms with E-state index in [0.717, 1.165) is 0 Å². The summed E-state index contributed by atoms with van der Waals surface area (Å²) in [6.45, 7) is 3.66. The maximum Gasteiger partial charge on any atom is 0.236 e. The van der Waals surface area contributed by atoms with Gasteiger partial charge in [-0.2, -0.15) is 10.3 Å². The number of carbonyl (C=O) groups excluding carboxylic acids is 1. The smallest absolute Gasteiger partial charge is 0.236 e. The third kappa shape index (κ3) is 3.87. The van der Waals surface area contributed by atoms with E-state index < -0.39 is 11.6 Å². The highest BCUT2D eigenvalue weighted by molar-refractivity contribution is 5.34. The molecule has 0 heterocycles. The summed E-state index contributed by atoms with van der Waals surface area (Å²) in [6, 6.07) is 1.23. The Balaban J connectivity index is 4.22. The average molecular weight is 168 g/mol. The topological polar surface area (TPSA) is 62.4 Å². The van der Waals surface area contributed by atoms with Crippen LogP contribution in [0.1, 0.15) is 20.3 Å². The maximum absolute atomic E-state index is 9.86. The molecule has 4 heteroatoms. The molecule has 0 bridgehead atoms. The van der Waals surface area contributed by atoms with Crippen LogP contribution in [-0.4, -0.2) is 24.8 Å². The van der Waals surface area contributed by atoms with E-state index in [2.05, 4.69) is 4.99 Å². The molecule has 0 radical (unpaired) electrons. The second-order valence-corrected chi connectivity index (χ2v) is 3.03. The minimum absolute atomic E-state index is 0.398. The predicted molar refractivity (Wildman–Crippen MR) is 43.2 cm³/mol. The first-order valence-electron chi connectivity index (χ1n) is 3.57. The highest BCUT2D eigenvalue weighted by Gasteiger charge is 2.22. The van der Waals surface area contributed by atoms with Crippen LogP contribution in [0, 0.1) is 11.3 Å². The molecular formula is C8H12N2O2. The molecule has 0 saturated heterocycles. The number of isocyanates is 1. The second-order valence-electron chi connectivity index (χ2n) is 3.03. The summed E-state index contributed by atoms with van der Waals surface area (Å²) in [5.74, 6) is 0. The normalized spacial score (nSPS) is 12.8. The number of aliphatic imine (C=N–C) groups is 1. The van der Waals surface area contributed by atoms with Gasteiger partial charge >= 0.3 is 0 Å². The van der Waals surface area contributed by atoms with E-state index >= 15 is 0 Å². The fraction of sp³-hybridized carbons (Fsp3) is 0.750. The lowest BCUT2D eigenvalue weighted by Crippen LogP contribution is -2.27. The summed E-state index contributed by atoms with van der Waals surface area (Å²) in [5, 5.41) is 8.54. The highest BCUT2D eigenvalue weighted by Crippen LogP contribution is 2.16. The van der Waals surface area contributed by atoms with Crippen LogP contribution >= 0.6 is 0 Å². The number of methoxy groups -OCH3 is 1. The Morgan fingerprint density at radius 1 is 1.67 bits per heavy atom. The van der Waals surface area contributed by atoms with Gasteiger partial charge in [0.05, 0.1) is 11.7 Å². The average Bonchev–Trinajstić information content (AvgIpc) is 2.03. The van der Waals surface area contributed by atoms with Gasteiger partial charge in [0.15, 0.2) is 6.04 Å². The first-order chi connectivity index (χ1) is 5.55. The van der Waals surface area contributed by atoms with E-state index in [9.17, 15) is 4.79 Å². The van der Waals surface area contributed by atoms with Crippen molar-refractivity contribution in [3.05, 3.63) is 0 Å². The summed E-state index contributed by atoms with van der Waals surface area (Å²) in [5.41, 5.74) is -0.430. The number of rotatable bonds is 4. The number of ether oxygens (including phenoxy) is 1. The van der Waals surface area contributed by atoms with Gasteiger partial charge in [-0.1, -0.05) is 0 Å². The van der Waals surface area contributed by atoms with Gasteiger partial charge in [-0.15, -0.1) is 0 Å². The Morgan fingerprint density at radius 3 is 2.58 bits per heavy atom. The molecule has 1 unspecified atom stereocenters. The Hall–Kier alpha value is -1.17. The fourth-order valence-electron chi connectivity index (χ4n) is 0.733. The van der Waals surface area contributed by atoms with Crippen molar-refractivity contribution in [2.75, 3.05) is 7.11 Å². The molecule has 0 aliphatic heterocycles. The van der Waals surface area contributed by atoms with Crippen LogP contribution in [0.3, 0.4) is 0 Å². The first kappa shape index (κ1) is 10.8. The fourth-order valence-corrected chi connectivity index (χ4v) is 0.733. The summed E-state index contributed by atoms with van der Waals surface area (Å²) >= 11 is 0. The molecule has 66 valence electrons. The van der Waals surface area contributed by atoms with Crippen molar-refractivity contribution in [2.45, 2.75) is 31.9 Å². The minimum Gasteiger partial charge on any atom is -0.379 e. The molecular weight excluding hydrogens is 156 g/mol. The van der Waals surface area contributed by atoms with Crippen LogP contribution in [-0.2, 0) is 9.53 Å². The largest absolute Gasteiger partial charge is 0.379 e. The molecule has 0 fully saturated rings. The van der Waals surface area contributed by atoms with Crippen LogP contribution < -0.4 is 0 Å². The quantitative estimate of drug-likeness (QED) is 0.465. The number of nitriles is 1. The minimum atomic E-state index is -0.655. The van der Waals surface area contributed by atoms with Crippen molar-refractivity contribution in [3.8, 4) is 6.07 Å². The third-order valence-corrected chi connectivity index (χ3v) is 1.60. The number of hydrogen-bond donors (Lipinski definition) is 0. The molecule has 0 rings (SSSR count). The zero-order valence-corrected chi connectivity index (χ0v) is 7.50. The van der Waals surface area contributed by atoms with Crippen LogP contribution in [0.25, 0.3) is 0 Å². The van der Waals surface area contributed by atoms with Crippen LogP contribution in [0.5, 0.6) is 0 Å². The van der Waals surface area contributed by atoms with E-state index in [1.807, 2.05) is 19.9 Å². The highest BCUT2D eigenvalue weighted by atomic mass is 16.5. The molecule has 0 aromatic rings. The van der Waals surface area contributed by atoms with Crippen molar-refractivity contribution in [1.82, 2.24) is 0 Å². The van der Waals surface area contributed by atoms with Gasteiger partial charge in [0.1, 0.15) is 0 Å². The lowest BCUT2D eigenvalue weighted by molar-refractivity contribution is 0.0138. The van der Waals surface area contributed by atoms with Crippen molar-refractivity contribution >= 4 is 6.08 Å². The van der Waals surface area contributed by atoms with Crippen LogP contribution in [0.2, 0.25) is 0 Å². The Morgan fingerprint density at radius 2 is 2.25 bits per heavy atom. The van der Waals surface area contributed by atoms with E-state index in [-0.39, 0.29) is 0 Å². The van der Waals surface area contributed by atoms with Crippen LogP contribution in [0.4, 0.5) is 0 Å². The van der Waals surface area contributed by atoms with Gasteiger partial charge in [0.25, 0.3) is 0 Å². The summed E-state index contributed by atoms with van der Waals surface area (Å²) in [4.78, 5) is 13.2. The molecule has 0 aliphatic rings. The SMILES string of the molecule is COC(C)(C)CC(C#N)N=C=O. The molecule has 12 heavy (non-hydrogen) atoms. The first-order valence-corrected chi connectivity index (χ1v) is 3.57. The monoisotopic (exact) mass is 168 g/mol. The number of hydrogen-bond acceptors (Lipinski definition) is 4. The predicted octanol–water partition coefficient (Wildman–Crippen LogP) is 1.03. The summed E-state index contributed by atoms with van der Waals surface area (Å²) < 4.78 is 5.08. The van der Waals surface area contributed by atoms with Gasteiger partial charge in [0.2, 0.25) is 6.08 Å². The molecule has 1 atom stereocenters. The third-order valence-electron chi connectivity index (χ3n) is 1.60. The Bertz CT molecular complexity index is 224. The molecule has 0 aromatic heterocycles. The Kier molecular flexibility index (Phi) is 4.20. The summed E-state index contributed by atoms with van der Waals surface area (Å²) in [7, 11) is 1.55. The van der Waals surface area contributed by atoms with Gasteiger partial charge in [-0.25, -0.2) is 4.79 Å². The lowest BCUT2D eigenvalue weighted by atomic mass is 10.0.